The van der Waals surface area contributed by atoms with Crippen molar-refractivity contribution in [3.05, 3.63) is 88.7 Å². The van der Waals surface area contributed by atoms with E-state index in [4.69, 9.17) is 14.2 Å². The zero-order valence-corrected chi connectivity index (χ0v) is 19.4. The highest BCUT2D eigenvalue weighted by atomic mass is 32.1. The molecule has 0 spiro atoms. The summed E-state index contributed by atoms with van der Waals surface area (Å²) < 4.78 is 57.4. The Hall–Kier alpha value is -4.05. The topological polar surface area (TPSA) is 69.7 Å². The van der Waals surface area contributed by atoms with E-state index in [1.807, 2.05) is 0 Å². The molecule has 0 radical (unpaired) electrons. The van der Waals surface area contributed by atoms with Gasteiger partial charge in [0.25, 0.3) is 5.91 Å². The van der Waals surface area contributed by atoms with Gasteiger partial charge in [-0.05, 0) is 36.4 Å². The van der Waals surface area contributed by atoms with E-state index >= 15 is 0 Å². The Morgan fingerprint density at radius 1 is 0.943 bits per heavy atom. The number of amides is 1. The summed E-state index contributed by atoms with van der Waals surface area (Å²) in [6.45, 7) is -0.193. The first-order valence-electron chi connectivity index (χ1n) is 10.2. The fourth-order valence-electron chi connectivity index (χ4n) is 3.15. The van der Waals surface area contributed by atoms with Crippen molar-refractivity contribution in [3.8, 4) is 27.8 Å². The fourth-order valence-corrected chi connectivity index (χ4v) is 3.98. The van der Waals surface area contributed by atoms with Crippen molar-refractivity contribution >= 4 is 22.9 Å². The molecule has 0 fully saturated rings. The van der Waals surface area contributed by atoms with Gasteiger partial charge in [-0.25, -0.2) is 18.2 Å². The Bertz CT molecular complexity index is 1380. The number of carbonyl (C=O) groups excluding carboxylic acids is 1. The van der Waals surface area contributed by atoms with Crippen LogP contribution in [0.25, 0.3) is 10.6 Å². The predicted octanol–water partition coefficient (Wildman–Crippen LogP) is 6.08. The zero-order chi connectivity index (χ0) is 24.9. The highest BCUT2D eigenvalue weighted by Gasteiger charge is 2.17. The average molecular weight is 500 g/mol. The van der Waals surface area contributed by atoms with Gasteiger partial charge in [0, 0.05) is 34.7 Å². The molecule has 0 saturated carbocycles. The van der Waals surface area contributed by atoms with E-state index in [0.29, 0.717) is 22.2 Å². The van der Waals surface area contributed by atoms with Gasteiger partial charge in [0.05, 0.1) is 19.9 Å². The first-order valence-corrected chi connectivity index (χ1v) is 11.1. The maximum atomic E-state index is 14.8. The zero-order valence-electron chi connectivity index (χ0n) is 18.6. The van der Waals surface area contributed by atoms with Crippen LogP contribution in [0.1, 0.15) is 16.1 Å². The Kier molecular flexibility index (Phi) is 7.21. The lowest BCUT2D eigenvalue weighted by Crippen LogP contribution is -2.13. The second-order valence-electron chi connectivity index (χ2n) is 7.22. The molecule has 10 heteroatoms. The average Bonchev–Trinajstić information content (AvgIpc) is 3.34. The van der Waals surface area contributed by atoms with Crippen LogP contribution in [0.3, 0.4) is 0 Å². The highest BCUT2D eigenvalue weighted by molar-refractivity contribution is 7.13. The van der Waals surface area contributed by atoms with Crippen LogP contribution in [-0.2, 0) is 6.61 Å². The summed E-state index contributed by atoms with van der Waals surface area (Å²) in [6.07, 6.45) is 0. The van der Waals surface area contributed by atoms with Crippen LogP contribution >= 0.6 is 11.3 Å². The number of rotatable bonds is 8. The molecule has 0 aliphatic heterocycles. The maximum Gasteiger partial charge on any atom is 0.275 e. The standard InChI is InChI=1S/C25H19F3N2O4S/c1-32-16-6-8-21(23(11-16)33-2)29-24(31)22-13-35-25(30-22)18-7-5-17(10-20(18)28)34-12-14-3-4-15(26)9-19(14)27/h3-11,13H,12H2,1-2H3,(H,29,31). The number of hydrogen-bond acceptors (Lipinski definition) is 6. The van der Waals surface area contributed by atoms with Crippen molar-refractivity contribution in [1.82, 2.24) is 4.98 Å². The monoisotopic (exact) mass is 500 g/mol. The Balaban J connectivity index is 1.45. The molecule has 0 atom stereocenters. The van der Waals surface area contributed by atoms with Crippen LogP contribution in [0.2, 0.25) is 0 Å². The van der Waals surface area contributed by atoms with E-state index in [2.05, 4.69) is 10.3 Å². The summed E-state index contributed by atoms with van der Waals surface area (Å²) >= 11 is 1.10. The number of carbonyl (C=O) groups is 1. The first-order chi connectivity index (χ1) is 16.9. The van der Waals surface area contributed by atoms with Crippen molar-refractivity contribution in [2.24, 2.45) is 0 Å². The van der Waals surface area contributed by atoms with Gasteiger partial charge in [-0.2, -0.15) is 0 Å². The second-order valence-corrected chi connectivity index (χ2v) is 8.08. The third-order valence-electron chi connectivity index (χ3n) is 4.97. The van der Waals surface area contributed by atoms with E-state index < -0.39 is 23.4 Å². The number of hydrogen-bond donors (Lipinski definition) is 1. The van der Waals surface area contributed by atoms with Gasteiger partial charge in [-0.1, -0.05) is 0 Å². The molecule has 180 valence electrons. The van der Waals surface area contributed by atoms with E-state index in [1.165, 1.54) is 37.8 Å². The molecule has 3 aromatic carbocycles. The number of ether oxygens (including phenoxy) is 3. The molecule has 35 heavy (non-hydrogen) atoms. The predicted molar refractivity (Wildman–Crippen MR) is 126 cm³/mol. The van der Waals surface area contributed by atoms with Gasteiger partial charge < -0.3 is 19.5 Å². The number of halogens is 3. The minimum absolute atomic E-state index is 0.106. The van der Waals surface area contributed by atoms with Gasteiger partial charge in [0.2, 0.25) is 0 Å². The molecule has 0 aliphatic rings. The number of methoxy groups -OCH3 is 2. The van der Waals surface area contributed by atoms with Crippen LogP contribution in [0.4, 0.5) is 18.9 Å². The largest absolute Gasteiger partial charge is 0.497 e. The van der Waals surface area contributed by atoms with E-state index in [0.717, 1.165) is 29.5 Å². The molecule has 1 aromatic heterocycles. The summed E-state index contributed by atoms with van der Waals surface area (Å²) in [7, 11) is 2.99. The van der Waals surface area contributed by atoms with Crippen LogP contribution in [-0.4, -0.2) is 25.1 Å². The Morgan fingerprint density at radius 3 is 2.46 bits per heavy atom. The molecule has 0 aliphatic carbocycles. The summed E-state index contributed by atoms with van der Waals surface area (Å²) in [4.78, 5) is 16.9. The van der Waals surface area contributed by atoms with Gasteiger partial charge >= 0.3 is 0 Å². The normalized spacial score (nSPS) is 10.7. The summed E-state index contributed by atoms with van der Waals surface area (Å²) in [5, 5.41) is 4.53. The Morgan fingerprint density at radius 2 is 1.74 bits per heavy atom. The minimum Gasteiger partial charge on any atom is -0.497 e. The van der Waals surface area contributed by atoms with E-state index in [9.17, 15) is 18.0 Å². The first kappa shape index (κ1) is 24.1. The molecule has 0 unspecified atom stereocenters. The molecular formula is C25H19F3N2O4S. The van der Waals surface area contributed by atoms with Crippen molar-refractivity contribution in [3.63, 3.8) is 0 Å². The third kappa shape index (κ3) is 5.55. The van der Waals surface area contributed by atoms with Crippen LogP contribution in [0.15, 0.2) is 60.0 Å². The van der Waals surface area contributed by atoms with Crippen molar-refractivity contribution in [2.45, 2.75) is 6.61 Å². The summed E-state index contributed by atoms with van der Waals surface area (Å²) in [5.74, 6) is -1.41. The third-order valence-corrected chi connectivity index (χ3v) is 5.85. The van der Waals surface area contributed by atoms with Crippen LogP contribution < -0.4 is 19.5 Å². The number of nitrogens with zero attached hydrogens (tertiary/aromatic N) is 1. The van der Waals surface area contributed by atoms with Crippen molar-refractivity contribution in [1.29, 1.82) is 0 Å². The minimum atomic E-state index is -0.747. The van der Waals surface area contributed by atoms with E-state index in [-0.39, 0.29) is 29.2 Å². The maximum absolute atomic E-state index is 14.8. The SMILES string of the molecule is COc1ccc(NC(=O)c2csc(-c3ccc(OCc4ccc(F)cc4F)cc3F)n2)c(OC)c1. The van der Waals surface area contributed by atoms with E-state index in [1.54, 1.807) is 18.2 Å². The van der Waals surface area contributed by atoms with Crippen LogP contribution in [0, 0.1) is 17.5 Å². The van der Waals surface area contributed by atoms with Gasteiger partial charge in [0.15, 0.2) is 0 Å². The van der Waals surface area contributed by atoms with Gasteiger partial charge in [0.1, 0.15) is 52.0 Å². The van der Waals surface area contributed by atoms with Crippen molar-refractivity contribution in [2.75, 3.05) is 19.5 Å². The number of anilines is 1. The molecule has 0 bridgehead atoms. The van der Waals surface area contributed by atoms with Gasteiger partial charge in [-0.3, -0.25) is 4.79 Å². The lowest BCUT2D eigenvalue weighted by atomic mass is 10.2. The highest BCUT2D eigenvalue weighted by Crippen LogP contribution is 2.31. The summed E-state index contributed by atoms with van der Waals surface area (Å²) in [5.41, 5.74) is 0.851. The molecule has 4 aromatic rings. The molecule has 4 rings (SSSR count). The molecule has 1 N–H and O–H groups in total. The molecule has 1 heterocycles. The van der Waals surface area contributed by atoms with Crippen molar-refractivity contribution < 1.29 is 32.2 Å². The summed E-state index contributed by atoms with van der Waals surface area (Å²) in [6, 6.07) is 12.2. The fraction of sp³-hybridized carbons (Fsp3) is 0.120. The number of nitrogens with one attached hydrogen (secondary N) is 1. The smallest absolute Gasteiger partial charge is 0.275 e. The lowest BCUT2D eigenvalue weighted by Gasteiger charge is -2.10. The molecular weight excluding hydrogens is 481 g/mol. The van der Waals surface area contributed by atoms with Crippen LogP contribution in [0.5, 0.6) is 17.2 Å². The lowest BCUT2D eigenvalue weighted by molar-refractivity contribution is 0.102. The van der Waals surface area contributed by atoms with Gasteiger partial charge in [-0.15, -0.1) is 11.3 Å². The molecule has 6 nitrogen and oxygen atoms in total. The second kappa shape index (κ2) is 10.5. The Labute approximate surface area is 202 Å². The number of thiazole rings is 1. The molecule has 1 amide bonds. The number of benzene rings is 3. The number of aromatic nitrogens is 1. The molecule has 0 saturated heterocycles. The quantitative estimate of drug-likeness (QED) is 0.318.